The van der Waals surface area contributed by atoms with Crippen molar-refractivity contribution in [2.24, 2.45) is 0 Å². The minimum Gasteiger partial charge on any atom is -0.356 e. The molecule has 0 bridgehead atoms. The molecule has 2 aromatic carbocycles. The third kappa shape index (κ3) is 4.43. The van der Waals surface area contributed by atoms with Gasteiger partial charge in [-0.2, -0.15) is 5.10 Å². The lowest BCUT2D eigenvalue weighted by Crippen LogP contribution is -2.41. The molecule has 1 unspecified atom stereocenters. The Morgan fingerprint density at radius 2 is 1.90 bits per heavy atom. The molecule has 1 aliphatic heterocycles. The maximum absolute atomic E-state index is 12.6. The van der Waals surface area contributed by atoms with Crippen LogP contribution in [0.25, 0.3) is 5.69 Å². The van der Waals surface area contributed by atoms with Gasteiger partial charge in [0.1, 0.15) is 0 Å². The molecule has 0 radical (unpaired) electrons. The first-order valence-corrected chi connectivity index (χ1v) is 10.3. The van der Waals surface area contributed by atoms with Crippen LogP contribution in [0, 0.1) is 0 Å². The number of rotatable bonds is 6. The maximum atomic E-state index is 12.6. The van der Waals surface area contributed by atoms with Crippen LogP contribution >= 0.6 is 0 Å². The number of fused-ring (bicyclic) bond motifs is 1. The number of carbonyl (C=O) groups is 2. The predicted octanol–water partition coefficient (Wildman–Crippen LogP) is 3.07. The predicted molar refractivity (Wildman–Crippen MR) is 115 cm³/mol. The molecule has 0 aliphatic carbocycles. The van der Waals surface area contributed by atoms with Crippen molar-refractivity contribution in [1.82, 2.24) is 20.0 Å². The summed E-state index contributed by atoms with van der Waals surface area (Å²) in [6.45, 7) is 2.80. The molecular formula is C24H26N4O2. The number of nitrogens with zero attached hydrogens (tertiary/aromatic N) is 3. The molecule has 0 saturated carbocycles. The van der Waals surface area contributed by atoms with Crippen LogP contribution in [0.2, 0.25) is 0 Å². The fraction of sp³-hybridized carbons (Fsp3) is 0.292. The molecule has 3 aromatic rings. The summed E-state index contributed by atoms with van der Waals surface area (Å²) in [5.74, 6) is -0.0179. The number of nitrogens with one attached hydrogen (secondary N) is 1. The Balaban J connectivity index is 1.33. The zero-order valence-electron chi connectivity index (χ0n) is 17.1. The van der Waals surface area contributed by atoms with Crippen molar-refractivity contribution < 1.29 is 9.59 Å². The van der Waals surface area contributed by atoms with E-state index in [0.29, 0.717) is 13.1 Å². The topological polar surface area (TPSA) is 67.2 Å². The fourth-order valence-corrected chi connectivity index (χ4v) is 4.08. The summed E-state index contributed by atoms with van der Waals surface area (Å²) in [6, 6.07) is 17.9. The van der Waals surface area contributed by atoms with Crippen molar-refractivity contribution in [3.05, 3.63) is 83.7 Å². The van der Waals surface area contributed by atoms with Crippen molar-refractivity contribution in [1.29, 1.82) is 0 Å². The van der Waals surface area contributed by atoms with Gasteiger partial charge in [-0.3, -0.25) is 9.59 Å². The van der Waals surface area contributed by atoms with E-state index in [-0.39, 0.29) is 24.3 Å². The number of benzene rings is 2. The smallest absolute Gasteiger partial charge is 0.222 e. The van der Waals surface area contributed by atoms with E-state index in [0.717, 1.165) is 29.7 Å². The molecule has 0 fully saturated rings. The fourth-order valence-electron chi connectivity index (χ4n) is 4.08. The molecule has 2 amide bonds. The van der Waals surface area contributed by atoms with Gasteiger partial charge in [-0.1, -0.05) is 36.4 Å². The van der Waals surface area contributed by atoms with Gasteiger partial charge in [0.15, 0.2) is 0 Å². The van der Waals surface area contributed by atoms with E-state index in [9.17, 15) is 9.59 Å². The summed E-state index contributed by atoms with van der Waals surface area (Å²) in [4.78, 5) is 26.5. The van der Waals surface area contributed by atoms with Gasteiger partial charge in [-0.05, 0) is 47.7 Å². The lowest BCUT2D eigenvalue weighted by molar-refractivity contribution is -0.133. The molecule has 6 nitrogen and oxygen atoms in total. The molecule has 1 aliphatic rings. The summed E-state index contributed by atoms with van der Waals surface area (Å²) in [7, 11) is 0. The van der Waals surface area contributed by atoms with Crippen LogP contribution in [0.5, 0.6) is 0 Å². The zero-order chi connectivity index (χ0) is 20.9. The SMILES string of the molecule is CC(=O)N1CCc2ccccc2C1CC(=O)NCCc1ccc(-n2cccn2)cc1. The summed E-state index contributed by atoms with van der Waals surface area (Å²) in [6.07, 6.45) is 5.53. The second kappa shape index (κ2) is 8.95. The van der Waals surface area contributed by atoms with E-state index in [1.54, 1.807) is 13.1 Å². The van der Waals surface area contributed by atoms with Gasteiger partial charge < -0.3 is 10.2 Å². The Morgan fingerprint density at radius 3 is 2.63 bits per heavy atom. The average Bonchev–Trinajstić information content (AvgIpc) is 3.29. The normalized spacial score (nSPS) is 15.5. The molecule has 0 saturated heterocycles. The van der Waals surface area contributed by atoms with Gasteiger partial charge in [0.05, 0.1) is 18.2 Å². The van der Waals surface area contributed by atoms with Gasteiger partial charge >= 0.3 is 0 Å². The summed E-state index contributed by atoms with van der Waals surface area (Å²) >= 11 is 0. The quantitative estimate of drug-likeness (QED) is 0.689. The van der Waals surface area contributed by atoms with E-state index in [2.05, 4.69) is 28.6 Å². The Hall–Kier alpha value is -3.41. The van der Waals surface area contributed by atoms with Gasteiger partial charge in [0.25, 0.3) is 0 Å². The Kier molecular flexibility index (Phi) is 5.93. The minimum absolute atomic E-state index is 0.0135. The van der Waals surface area contributed by atoms with Crippen LogP contribution < -0.4 is 5.32 Å². The first kappa shape index (κ1) is 19.9. The van der Waals surface area contributed by atoms with Crippen LogP contribution in [0.4, 0.5) is 0 Å². The Labute approximate surface area is 176 Å². The first-order chi connectivity index (χ1) is 14.6. The molecule has 6 heteroatoms. The maximum Gasteiger partial charge on any atom is 0.222 e. The third-order valence-corrected chi connectivity index (χ3v) is 5.64. The second-order valence-corrected chi connectivity index (χ2v) is 7.60. The van der Waals surface area contributed by atoms with Gasteiger partial charge in [-0.25, -0.2) is 4.68 Å². The molecular weight excluding hydrogens is 376 g/mol. The largest absolute Gasteiger partial charge is 0.356 e. The molecule has 1 N–H and O–H groups in total. The summed E-state index contributed by atoms with van der Waals surface area (Å²) in [5, 5.41) is 7.24. The molecule has 0 spiro atoms. The Morgan fingerprint density at radius 1 is 1.10 bits per heavy atom. The standard InChI is InChI=1S/C24H26N4O2/c1-18(29)27-16-12-20-5-2-3-6-22(20)23(27)17-24(30)25-14-11-19-7-9-21(10-8-19)28-15-4-13-26-28/h2-10,13,15,23H,11-12,14,16-17H2,1H3,(H,25,30). The highest BCUT2D eigenvalue weighted by Crippen LogP contribution is 2.32. The van der Waals surface area contributed by atoms with Crippen LogP contribution in [-0.4, -0.2) is 39.6 Å². The van der Waals surface area contributed by atoms with Gasteiger partial charge in [0, 0.05) is 32.4 Å². The van der Waals surface area contributed by atoms with E-state index in [4.69, 9.17) is 0 Å². The Bertz CT molecular complexity index is 1010. The minimum atomic E-state index is -0.194. The lowest BCUT2D eigenvalue weighted by atomic mass is 9.90. The summed E-state index contributed by atoms with van der Waals surface area (Å²) in [5.41, 5.74) is 4.47. The van der Waals surface area contributed by atoms with Crippen LogP contribution in [-0.2, 0) is 22.4 Å². The van der Waals surface area contributed by atoms with Crippen molar-refractivity contribution in [2.75, 3.05) is 13.1 Å². The lowest BCUT2D eigenvalue weighted by Gasteiger charge is -2.36. The highest BCUT2D eigenvalue weighted by Gasteiger charge is 2.30. The van der Waals surface area contributed by atoms with Gasteiger partial charge in [-0.15, -0.1) is 0 Å². The second-order valence-electron chi connectivity index (χ2n) is 7.60. The molecule has 154 valence electrons. The van der Waals surface area contributed by atoms with Crippen LogP contribution in [0.15, 0.2) is 67.0 Å². The van der Waals surface area contributed by atoms with Crippen molar-refractivity contribution >= 4 is 11.8 Å². The summed E-state index contributed by atoms with van der Waals surface area (Å²) < 4.78 is 1.81. The number of carbonyl (C=O) groups excluding carboxylic acids is 2. The van der Waals surface area contributed by atoms with Crippen molar-refractivity contribution in [3.8, 4) is 5.69 Å². The van der Waals surface area contributed by atoms with E-state index < -0.39 is 0 Å². The molecule has 4 rings (SSSR count). The van der Waals surface area contributed by atoms with Crippen molar-refractivity contribution in [2.45, 2.75) is 32.2 Å². The highest BCUT2D eigenvalue weighted by atomic mass is 16.2. The monoisotopic (exact) mass is 402 g/mol. The van der Waals surface area contributed by atoms with Crippen molar-refractivity contribution in [3.63, 3.8) is 0 Å². The van der Waals surface area contributed by atoms with E-state index in [1.165, 1.54) is 5.56 Å². The molecule has 1 aromatic heterocycles. The highest BCUT2D eigenvalue weighted by molar-refractivity contribution is 5.79. The van der Waals surface area contributed by atoms with Crippen LogP contribution in [0.1, 0.15) is 36.1 Å². The molecule has 1 atom stereocenters. The average molecular weight is 402 g/mol. The number of hydrogen-bond acceptors (Lipinski definition) is 3. The zero-order valence-corrected chi connectivity index (χ0v) is 17.1. The van der Waals surface area contributed by atoms with E-state index >= 15 is 0 Å². The first-order valence-electron chi connectivity index (χ1n) is 10.3. The number of hydrogen-bond donors (Lipinski definition) is 1. The molecule has 30 heavy (non-hydrogen) atoms. The number of amides is 2. The third-order valence-electron chi connectivity index (χ3n) is 5.64. The van der Waals surface area contributed by atoms with E-state index in [1.807, 2.05) is 52.2 Å². The van der Waals surface area contributed by atoms with Crippen LogP contribution in [0.3, 0.4) is 0 Å². The molecule has 2 heterocycles. The number of aromatic nitrogens is 2. The van der Waals surface area contributed by atoms with Gasteiger partial charge in [0.2, 0.25) is 11.8 Å².